The zero-order chi connectivity index (χ0) is 14.1. The highest BCUT2D eigenvalue weighted by Crippen LogP contribution is 2.40. The van der Waals surface area contributed by atoms with Crippen LogP contribution < -0.4 is 4.90 Å². The van der Waals surface area contributed by atoms with Crippen LogP contribution in [0.4, 0.5) is 5.69 Å². The smallest absolute Gasteiger partial charge is 0.125 e. The molecule has 0 fully saturated rings. The summed E-state index contributed by atoms with van der Waals surface area (Å²) >= 11 is 0. The van der Waals surface area contributed by atoms with E-state index in [4.69, 9.17) is 11.2 Å². The molecule has 1 aliphatic rings. The first-order chi connectivity index (χ1) is 9.70. The minimum absolute atomic E-state index is 0.466. The minimum Gasteiger partial charge on any atom is -0.442 e. The van der Waals surface area contributed by atoms with Gasteiger partial charge in [0.15, 0.2) is 0 Å². The van der Waals surface area contributed by atoms with Crippen molar-refractivity contribution in [1.82, 2.24) is 0 Å². The van der Waals surface area contributed by atoms with Crippen LogP contribution in [-0.2, 0) is 17.9 Å². The number of anilines is 1. The standard InChI is InChI=1S/C18H17NO/c1-4-20-12-14-8-9-16-15(10-14)11-19(3)18-13(2)6-5-7-17(16)18/h1,5-10H,11-12H2,2-3H3. The lowest BCUT2D eigenvalue weighted by Crippen LogP contribution is -2.22. The molecular weight excluding hydrogens is 246 g/mol. The van der Waals surface area contributed by atoms with Crippen molar-refractivity contribution in [3.63, 3.8) is 0 Å². The molecule has 1 heterocycles. The predicted molar refractivity (Wildman–Crippen MR) is 82.3 cm³/mol. The second kappa shape index (κ2) is 4.94. The molecule has 0 bridgehead atoms. The second-order valence-electron chi connectivity index (χ2n) is 5.23. The van der Waals surface area contributed by atoms with E-state index >= 15 is 0 Å². The van der Waals surface area contributed by atoms with Gasteiger partial charge in [-0.15, -0.1) is 0 Å². The molecule has 2 heteroatoms. The second-order valence-corrected chi connectivity index (χ2v) is 5.23. The Morgan fingerprint density at radius 2 is 2.10 bits per heavy atom. The number of fused-ring (bicyclic) bond motifs is 3. The van der Waals surface area contributed by atoms with Crippen molar-refractivity contribution in [2.45, 2.75) is 20.1 Å². The van der Waals surface area contributed by atoms with Crippen molar-refractivity contribution in [3.8, 4) is 23.7 Å². The molecule has 3 rings (SSSR count). The monoisotopic (exact) mass is 263 g/mol. The van der Waals surface area contributed by atoms with Gasteiger partial charge in [-0.05, 0) is 35.2 Å². The molecule has 0 radical (unpaired) electrons. The Hall–Kier alpha value is -2.40. The van der Waals surface area contributed by atoms with Crippen molar-refractivity contribution in [2.75, 3.05) is 11.9 Å². The minimum atomic E-state index is 0.466. The molecule has 0 spiro atoms. The first kappa shape index (κ1) is 12.6. The lowest BCUT2D eigenvalue weighted by Gasteiger charge is -2.31. The molecule has 0 aliphatic carbocycles. The van der Waals surface area contributed by atoms with Gasteiger partial charge < -0.3 is 9.64 Å². The van der Waals surface area contributed by atoms with E-state index < -0.39 is 0 Å². The summed E-state index contributed by atoms with van der Waals surface area (Å²) in [7, 11) is 2.14. The van der Waals surface area contributed by atoms with Gasteiger partial charge in [-0.2, -0.15) is 0 Å². The number of benzene rings is 2. The van der Waals surface area contributed by atoms with Crippen LogP contribution in [0.15, 0.2) is 36.4 Å². The highest BCUT2D eigenvalue weighted by Gasteiger charge is 2.21. The van der Waals surface area contributed by atoms with Gasteiger partial charge >= 0.3 is 0 Å². The molecule has 20 heavy (non-hydrogen) atoms. The molecule has 0 atom stereocenters. The number of hydrogen-bond acceptors (Lipinski definition) is 2. The SMILES string of the molecule is C#COCc1ccc2c(c1)CN(C)c1c(C)cccc1-2. The third-order valence-electron chi connectivity index (χ3n) is 3.81. The van der Waals surface area contributed by atoms with Gasteiger partial charge in [0.25, 0.3) is 0 Å². The normalized spacial score (nSPS) is 12.3. The first-order valence-corrected chi connectivity index (χ1v) is 6.71. The molecule has 0 saturated heterocycles. The molecule has 1 aliphatic heterocycles. The van der Waals surface area contributed by atoms with Crippen LogP contribution in [0.5, 0.6) is 0 Å². The summed E-state index contributed by atoms with van der Waals surface area (Å²) in [5.74, 6) is 0. The van der Waals surface area contributed by atoms with Gasteiger partial charge in [0, 0.05) is 24.8 Å². The Morgan fingerprint density at radius 1 is 1.25 bits per heavy atom. The fourth-order valence-corrected chi connectivity index (χ4v) is 2.97. The van der Waals surface area contributed by atoms with Crippen molar-refractivity contribution in [3.05, 3.63) is 53.1 Å². The van der Waals surface area contributed by atoms with E-state index in [-0.39, 0.29) is 0 Å². The average Bonchev–Trinajstić information content (AvgIpc) is 2.44. The maximum atomic E-state index is 5.14. The van der Waals surface area contributed by atoms with E-state index in [9.17, 15) is 0 Å². The Balaban J connectivity index is 2.09. The summed E-state index contributed by atoms with van der Waals surface area (Å²) < 4.78 is 5.04. The molecule has 0 unspecified atom stereocenters. The van der Waals surface area contributed by atoms with Crippen LogP contribution in [0.3, 0.4) is 0 Å². The average molecular weight is 263 g/mol. The van der Waals surface area contributed by atoms with Crippen LogP contribution in [0, 0.1) is 19.5 Å². The maximum Gasteiger partial charge on any atom is 0.125 e. The van der Waals surface area contributed by atoms with Crippen LogP contribution in [-0.4, -0.2) is 7.05 Å². The highest BCUT2D eigenvalue weighted by atomic mass is 16.5. The van der Waals surface area contributed by atoms with Gasteiger partial charge in [0.1, 0.15) is 12.7 Å². The summed E-state index contributed by atoms with van der Waals surface area (Å²) in [4.78, 5) is 2.30. The topological polar surface area (TPSA) is 12.5 Å². The van der Waals surface area contributed by atoms with Gasteiger partial charge in [-0.3, -0.25) is 0 Å². The zero-order valence-corrected chi connectivity index (χ0v) is 11.8. The van der Waals surface area contributed by atoms with Gasteiger partial charge in [-0.1, -0.05) is 36.8 Å². The number of aryl methyl sites for hydroxylation is 1. The first-order valence-electron chi connectivity index (χ1n) is 6.71. The largest absolute Gasteiger partial charge is 0.442 e. The Kier molecular flexibility index (Phi) is 3.12. The Bertz CT molecular complexity index is 697. The highest BCUT2D eigenvalue weighted by molar-refractivity contribution is 5.85. The molecule has 100 valence electrons. The van der Waals surface area contributed by atoms with Crippen LogP contribution in [0.1, 0.15) is 16.7 Å². The molecule has 2 nitrogen and oxygen atoms in total. The van der Waals surface area contributed by atoms with Gasteiger partial charge in [0.05, 0.1) is 0 Å². The fraction of sp³-hybridized carbons (Fsp3) is 0.222. The van der Waals surface area contributed by atoms with Crippen molar-refractivity contribution in [1.29, 1.82) is 0 Å². The van der Waals surface area contributed by atoms with Crippen LogP contribution in [0.25, 0.3) is 11.1 Å². The number of terminal acetylenes is 1. The predicted octanol–water partition coefficient (Wildman–Crippen LogP) is 3.72. The molecule has 0 N–H and O–H groups in total. The molecular formula is C18H17NO. The lowest BCUT2D eigenvalue weighted by molar-refractivity contribution is 0.265. The summed E-state index contributed by atoms with van der Waals surface area (Å²) in [6, 6.07) is 12.9. The lowest BCUT2D eigenvalue weighted by atomic mass is 9.90. The Labute approximate surface area is 120 Å². The number of para-hydroxylation sites is 1. The summed E-state index contributed by atoms with van der Waals surface area (Å²) in [5, 5.41) is 0. The summed E-state index contributed by atoms with van der Waals surface area (Å²) in [5.41, 5.74) is 7.70. The third kappa shape index (κ3) is 2.02. The zero-order valence-electron chi connectivity index (χ0n) is 11.8. The summed E-state index contributed by atoms with van der Waals surface area (Å²) in [6.45, 7) is 3.54. The van der Waals surface area contributed by atoms with E-state index in [1.165, 1.54) is 27.9 Å². The Morgan fingerprint density at radius 3 is 2.90 bits per heavy atom. The number of nitrogens with zero attached hydrogens (tertiary/aromatic N) is 1. The quantitative estimate of drug-likeness (QED) is 0.766. The molecule has 0 saturated carbocycles. The number of rotatable bonds is 2. The van der Waals surface area contributed by atoms with Gasteiger partial charge in [-0.25, -0.2) is 0 Å². The van der Waals surface area contributed by atoms with E-state index in [1.807, 2.05) is 0 Å². The maximum absolute atomic E-state index is 5.14. The number of ether oxygens (including phenoxy) is 1. The van der Waals surface area contributed by atoms with E-state index in [2.05, 4.69) is 61.4 Å². The fourth-order valence-electron chi connectivity index (χ4n) is 2.97. The van der Waals surface area contributed by atoms with E-state index in [1.54, 1.807) is 0 Å². The van der Waals surface area contributed by atoms with E-state index in [0.29, 0.717) is 6.61 Å². The molecule has 2 aromatic rings. The van der Waals surface area contributed by atoms with Crippen LogP contribution >= 0.6 is 0 Å². The van der Waals surface area contributed by atoms with Crippen molar-refractivity contribution < 1.29 is 4.74 Å². The van der Waals surface area contributed by atoms with Crippen LogP contribution in [0.2, 0.25) is 0 Å². The van der Waals surface area contributed by atoms with Crippen molar-refractivity contribution in [2.24, 2.45) is 0 Å². The molecule has 2 aromatic carbocycles. The van der Waals surface area contributed by atoms with Crippen molar-refractivity contribution >= 4 is 5.69 Å². The number of hydrogen-bond donors (Lipinski definition) is 0. The molecule has 0 aromatic heterocycles. The summed E-state index contributed by atoms with van der Waals surface area (Å²) in [6.07, 6.45) is 7.35. The third-order valence-corrected chi connectivity index (χ3v) is 3.81. The molecule has 0 amide bonds. The van der Waals surface area contributed by atoms with E-state index in [0.717, 1.165) is 12.1 Å². The van der Waals surface area contributed by atoms with Gasteiger partial charge in [0.2, 0.25) is 0 Å².